The average molecular weight is 259 g/mol. The summed E-state index contributed by atoms with van der Waals surface area (Å²) in [5.41, 5.74) is 2.39. The van der Waals surface area contributed by atoms with Crippen molar-refractivity contribution in [1.82, 2.24) is 15.5 Å². The minimum Gasteiger partial charge on any atom is -0.494 e. The van der Waals surface area contributed by atoms with Gasteiger partial charge in [0.15, 0.2) is 0 Å². The number of hydrogen-bond acceptors (Lipinski definition) is 3. The first-order valence-corrected chi connectivity index (χ1v) is 6.73. The second kappa shape index (κ2) is 6.95. The van der Waals surface area contributed by atoms with E-state index in [9.17, 15) is 0 Å². The first-order valence-electron chi connectivity index (χ1n) is 6.73. The van der Waals surface area contributed by atoms with Crippen LogP contribution in [0.25, 0.3) is 0 Å². The molecule has 0 spiro atoms. The third-order valence-electron chi connectivity index (χ3n) is 3.00. The van der Waals surface area contributed by atoms with Crippen molar-refractivity contribution < 1.29 is 4.74 Å². The van der Waals surface area contributed by atoms with E-state index in [1.54, 1.807) is 0 Å². The van der Waals surface area contributed by atoms with Crippen LogP contribution in [0.1, 0.15) is 37.4 Å². The van der Waals surface area contributed by atoms with E-state index in [0.29, 0.717) is 0 Å². The molecule has 0 saturated heterocycles. The van der Waals surface area contributed by atoms with Crippen LogP contribution in [0.3, 0.4) is 0 Å². The second-order valence-electron chi connectivity index (χ2n) is 4.63. The van der Waals surface area contributed by atoms with Crippen molar-refractivity contribution in [3.63, 3.8) is 0 Å². The monoisotopic (exact) mass is 259 g/mol. The quantitative estimate of drug-likeness (QED) is 0.803. The molecule has 0 saturated carbocycles. The van der Waals surface area contributed by atoms with Gasteiger partial charge in [0.1, 0.15) is 5.75 Å². The van der Waals surface area contributed by atoms with Gasteiger partial charge in [-0.3, -0.25) is 5.10 Å². The van der Waals surface area contributed by atoms with Crippen LogP contribution in [0.4, 0.5) is 0 Å². The standard InChI is InChI=1S/C15H21N3O/c1-3-7-19-15-6-4-5-13(8-15)9-16-12(2)14-10-17-18-11-14/h4-6,8,10-12,16H,3,7,9H2,1-2H3,(H,17,18). The van der Waals surface area contributed by atoms with Crippen LogP contribution < -0.4 is 10.1 Å². The average Bonchev–Trinajstić information content (AvgIpc) is 2.97. The lowest BCUT2D eigenvalue weighted by atomic mass is 10.1. The summed E-state index contributed by atoms with van der Waals surface area (Å²) in [7, 11) is 0. The number of aromatic nitrogens is 2. The van der Waals surface area contributed by atoms with Crippen LogP contribution >= 0.6 is 0 Å². The lowest BCUT2D eigenvalue weighted by molar-refractivity contribution is 0.317. The molecule has 2 aromatic rings. The zero-order valence-corrected chi connectivity index (χ0v) is 11.5. The van der Waals surface area contributed by atoms with Crippen LogP contribution in [-0.4, -0.2) is 16.8 Å². The number of nitrogens with one attached hydrogen (secondary N) is 2. The van der Waals surface area contributed by atoms with Gasteiger partial charge in [-0.15, -0.1) is 0 Å². The smallest absolute Gasteiger partial charge is 0.119 e. The van der Waals surface area contributed by atoms with E-state index < -0.39 is 0 Å². The molecule has 2 N–H and O–H groups in total. The van der Waals surface area contributed by atoms with Gasteiger partial charge in [-0.1, -0.05) is 19.1 Å². The molecule has 0 aliphatic heterocycles. The van der Waals surface area contributed by atoms with Crippen molar-refractivity contribution in [2.24, 2.45) is 0 Å². The van der Waals surface area contributed by atoms with Gasteiger partial charge in [-0.25, -0.2) is 0 Å². The predicted octanol–water partition coefficient (Wildman–Crippen LogP) is 3.05. The molecule has 4 nitrogen and oxygen atoms in total. The zero-order chi connectivity index (χ0) is 13.5. The van der Waals surface area contributed by atoms with Gasteiger partial charge in [0.05, 0.1) is 12.8 Å². The summed E-state index contributed by atoms with van der Waals surface area (Å²) in [5, 5.41) is 10.3. The molecule has 2 rings (SSSR count). The molecule has 1 atom stereocenters. The van der Waals surface area contributed by atoms with E-state index >= 15 is 0 Å². The minimum atomic E-state index is 0.277. The van der Waals surface area contributed by atoms with E-state index in [-0.39, 0.29) is 6.04 Å². The van der Waals surface area contributed by atoms with Crippen molar-refractivity contribution >= 4 is 0 Å². The molecule has 0 amide bonds. The van der Waals surface area contributed by atoms with Crippen LogP contribution in [0.2, 0.25) is 0 Å². The first-order chi connectivity index (χ1) is 9.29. The maximum absolute atomic E-state index is 5.63. The number of nitrogens with zero attached hydrogens (tertiary/aromatic N) is 1. The van der Waals surface area contributed by atoms with Crippen molar-refractivity contribution in [2.75, 3.05) is 6.61 Å². The highest BCUT2D eigenvalue weighted by Crippen LogP contribution is 2.15. The fraction of sp³-hybridized carbons (Fsp3) is 0.400. The van der Waals surface area contributed by atoms with Gasteiger partial charge in [-0.05, 0) is 31.0 Å². The molecular formula is C15H21N3O. The van der Waals surface area contributed by atoms with Crippen LogP contribution in [-0.2, 0) is 6.54 Å². The molecule has 1 aromatic carbocycles. The van der Waals surface area contributed by atoms with Crippen molar-refractivity contribution in [3.05, 3.63) is 47.8 Å². The Balaban J connectivity index is 1.88. The number of ether oxygens (including phenoxy) is 1. The molecule has 0 radical (unpaired) electrons. The molecule has 0 bridgehead atoms. The van der Waals surface area contributed by atoms with E-state index in [1.165, 1.54) is 11.1 Å². The lowest BCUT2D eigenvalue weighted by Crippen LogP contribution is -2.17. The molecule has 0 aliphatic carbocycles. The summed E-state index contributed by atoms with van der Waals surface area (Å²) in [5.74, 6) is 0.942. The molecule has 1 aromatic heterocycles. The molecule has 1 heterocycles. The van der Waals surface area contributed by atoms with Crippen molar-refractivity contribution in [1.29, 1.82) is 0 Å². The highest BCUT2D eigenvalue weighted by atomic mass is 16.5. The Kier molecular flexibility index (Phi) is 4.98. The third-order valence-corrected chi connectivity index (χ3v) is 3.00. The molecule has 19 heavy (non-hydrogen) atoms. The molecule has 0 aliphatic rings. The predicted molar refractivity (Wildman–Crippen MR) is 76.1 cm³/mol. The topological polar surface area (TPSA) is 49.9 Å². The van der Waals surface area contributed by atoms with Crippen LogP contribution in [0.15, 0.2) is 36.7 Å². The van der Waals surface area contributed by atoms with Crippen LogP contribution in [0, 0.1) is 0 Å². The highest BCUT2D eigenvalue weighted by molar-refractivity contribution is 5.28. The SMILES string of the molecule is CCCOc1cccc(CNC(C)c2cn[nH]c2)c1. The molecule has 4 heteroatoms. The largest absolute Gasteiger partial charge is 0.494 e. The van der Waals surface area contributed by atoms with Gasteiger partial charge in [0.25, 0.3) is 0 Å². The summed E-state index contributed by atoms with van der Waals surface area (Å²) >= 11 is 0. The Morgan fingerprint density at radius 3 is 3.05 bits per heavy atom. The Labute approximate surface area is 114 Å². The molecular weight excluding hydrogens is 238 g/mol. The Hall–Kier alpha value is -1.81. The van der Waals surface area contributed by atoms with Gasteiger partial charge in [0.2, 0.25) is 0 Å². The number of aromatic amines is 1. The number of rotatable bonds is 7. The van der Waals surface area contributed by atoms with E-state index in [0.717, 1.165) is 25.3 Å². The zero-order valence-electron chi connectivity index (χ0n) is 11.5. The van der Waals surface area contributed by atoms with E-state index in [2.05, 4.69) is 41.5 Å². The molecule has 1 unspecified atom stereocenters. The van der Waals surface area contributed by atoms with E-state index in [4.69, 9.17) is 4.74 Å². The Morgan fingerprint density at radius 2 is 2.32 bits per heavy atom. The fourth-order valence-electron chi connectivity index (χ4n) is 1.85. The number of benzene rings is 1. The maximum atomic E-state index is 5.63. The highest BCUT2D eigenvalue weighted by Gasteiger charge is 2.05. The van der Waals surface area contributed by atoms with Crippen LogP contribution in [0.5, 0.6) is 5.75 Å². The summed E-state index contributed by atoms with van der Waals surface area (Å²) in [6.45, 7) is 5.82. The normalized spacial score (nSPS) is 12.3. The van der Waals surface area contributed by atoms with Gasteiger partial charge in [0, 0.05) is 24.3 Å². The van der Waals surface area contributed by atoms with Crippen molar-refractivity contribution in [2.45, 2.75) is 32.9 Å². The van der Waals surface area contributed by atoms with E-state index in [1.807, 2.05) is 24.5 Å². The van der Waals surface area contributed by atoms with Gasteiger partial charge < -0.3 is 10.1 Å². The maximum Gasteiger partial charge on any atom is 0.119 e. The second-order valence-corrected chi connectivity index (χ2v) is 4.63. The molecule has 102 valence electrons. The Morgan fingerprint density at radius 1 is 1.42 bits per heavy atom. The summed E-state index contributed by atoms with van der Waals surface area (Å²) in [4.78, 5) is 0. The third kappa shape index (κ3) is 4.10. The van der Waals surface area contributed by atoms with Gasteiger partial charge in [-0.2, -0.15) is 5.10 Å². The van der Waals surface area contributed by atoms with Gasteiger partial charge >= 0.3 is 0 Å². The van der Waals surface area contributed by atoms with Crippen molar-refractivity contribution in [3.8, 4) is 5.75 Å². The summed E-state index contributed by atoms with van der Waals surface area (Å²) in [6.07, 6.45) is 4.79. The summed E-state index contributed by atoms with van der Waals surface area (Å²) in [6, 6.07) is 8.50. The Bertz CT molecular complexity index is 482. The summed E-state index contributed by atoms with van der Waals surface area (Å²) < 4.78 is 5.63. The molecule has 0 fully saturated rings. The minimum absolute atomic E-state index is 0.277. The fourth-order valence-corrected chi connectivity index (χ4v) is 1.85. The number of H-pyrrole nitrogens is 1. The lowest BCUT2D eigenvalue weighted by Gasteiger charge is -2.12. The first kappa shape index (κ1) is 13.6. The number of hydrogen-bond donors (Lipinski definition) is 2.